The lowest BCUT2D eigenvalue weighted by atomic mass is 9.99. The standard InChI is InChI=1S/C20H27ClN2O2S/c1-15(2)14-17(24)23-12-13-26-20(23)8-10-22(11-9-20)19(25)18(21)16-6-4-3-5-7-16/h3-7,15,18H,8-14H2,1-2H3/t18-/m0/s1. The van der Waals surface area contributed by atoms with Crippen molar-refractivity contribution in [2.45, 2.75) is 43.4 Å². The van der Waals surface area contributed by atoms with E-state index in [-0.39, 0.29) is 16.7 Å². The predicted molar refractivity (Wildman–Crippen MR) is 107 cm³/mol. The molecule has 2 amide bonds. The minimum Gasteiger partial charge on any atom is -0.341 e. The van der Waals surface area contributed by atoms with Crippen molar-refractivity contribution < 1.29 is 9.59 Å². The number of rotatable bonds is 4. The SMILES string of the molecule is CC(C)CC(=O)N1CCSC12CCN(C(=O)[C@@H](Cl)c1ccccc1)CC2. The van der Waals surface area contributed by atoms with Crippen LogP contribution < -0.4 is 0 Å². The normalized spacial score (nSPS) is 20.6. The first-order valence-electron chi connectivity index (χ1n) is 9.35. The quantitative estimate of drug-likeness (QED) is 0.727. The molecule has 2 aliphatic rings. The molecule has 2 saturated heterocycles. The van der Waals surface area contributed by atoms with Gasteiger partial charge in [0, 0.05) is 31.8 Å². The van der Waals surface area contributed by atoms with Crippen LogP contribution in [0.2, 0.25) is 0 Å². The fraction of sp³-hybridized carbons (Fsp3) is 0.600. The lowest BCUT2D eigenvalue weighted by molar-refractivity contribution is -0.137. The first kappa shape index (κ1) is 19.6. The highest BCUT2D eigenvalue weighted by Crippen LogP contribution is 2.44. The fourth-order valence-electron chi connectivity index (χ4n) is 3.84. The molecular formula is C20H27ClN2O2S. The molecule has 0 N–H and O–H groups in total. The molecule has 1 aromatic rings. The van der Waals surface area contributed by atoms with Crippen LogP contribution in [0, 0.1) is 5.92 Å². The highest BCUT2D eigenvalue weighted by atomic mass is 35.5. The monoisotopic (exact) mass is 394 g/mol. The summed E-state index contributed by atoms with van der Waals surface area (Å²) in [7, 11) is 0. The van der Waals surface area contributed by atoms with Crippen molar-refractivity contribution in [3.05, 3.63) is 35.9 Å². The van der Waals surface area contributed by atoms with E-state index in [9.17, 15) is 9.59 Å². The second-order valence-corrected chi connectivity index (χ2v) is 9.43. The van der Waals surface area contributed by atoms with Crippen molar-refractivity contribution in [2.24, 2.45) is 5.92 Å². The number of nitrogens with zero attached hydrogens (tertiary/aromatic N) is 2. The summed E-state index contributed by atoms with van der Waals surface area (Å²) < 4.78 is 0. The maximum atomic E-state index is 12.8. The number of carbonyl (C=O) groups is 2. The molecule has 6 heteroatoms. The van der Waals surface area contributed by atoms with Crippen LogP contribution in [-0.4, -0.2) is 51.9 Å². The largest absolute Gasteiger partial charge is 0.341 e. The molecule has 2 heterocycles. The molecule has 3 rings (SSSR count). The van der Waals surface area contributed by atoms with Gasteiger partial charge in [-0.25, -0.2) is 0 Å². The fourth-order valence-corrected chi connectivity index (χ4v) is 5.59. The number of carbonyl (C=O) groups excluding carboxylic acids is 2. The van der Waals surface area contributed by atoms with E-state index < -0.39 is 5.38 Å². The van der Waals surface area contributed by atoms with Crippen molar-refractivity contribution in [3.8, 4) is 0 Å². The van der Waals surface area contributed by atoms with E-state index in [0.29, 0.717) is 25.4 Å². The van der Waals surface area contributed by atoms with Gasteiger partial charge < -0.3 is 9.80 Å². The Morgan fingerprint density at radius 1 is 1.15 bits per heavy atom. The molecule has 1 atom stereocenters. The number of piperidine rings is 1. The second kappa shape index (κ2) is 8.22. The number of hydrogen-bond donors (Lipinski definition) is 0. The highest BCUT2D eigenvalue weighted by Gasteiger charge is 2.47. The summed E-state index contributed by atoms with van der Waals surface area (Å²) in [6.07, 6.45) is 2.25. The van der Waals surface area contributed by atoms with Gasteiger partial charge in [0.05, 0.1) is 4.87 Å². The van der Waals surface area contributed by atoms with Crippen molar-refractivity contribution in [1.82, 2.24) is 9.80 Å². The summed E-state index contributed by atoms with van der Waals surface area (Å²) in [6.45, 7) is 6.31. The molecule has 0 aromatic heterocycles. The van der Waals surface area contributed by atoms with Gasteiger partial charge in [0.25, 0.3) is 0 Å². The van der Waals surface area contributed by atoms with E-state index in [2.05, 4.69) is 18.7 Å². The average molecular weight is 395 g/mol. The summed E-state index contributed by atoms with van der Waals surface area (Å²) in [4.78, 5) is 29.2. The van der Waals surface area contributed by atoms with Crippen LogP contribution in [0.3, 0.4) is 0 Å². The number of alkyl halides is 1. The van der Waals surface area contributed by atoms with Gasteiger partial charge in [0.15, 0.2) is 0 Å². The molecule has 142 valence electrons. The zero-order valence-corrected chi connectivity index (χ0v) is 17.1. The Morgan fingerprint density at radius 3 is 2.42 bits per heavy atom. The van der Waals surface area contributed by atoms with Crippen molar-refractivity contribution in [3.63, 3.8) is 0 Å². The number of halogens is 1. The third-order valence-electron chi connectivity index (χ3n) is 5.23. The maximum Gasteiger partial charge on any atom is 0.245 e. The number of thioether (sulfide) groups is 1. The molecule has 0 aliphatic carbocycles. The van der Waals surface area contributed by atoms with Crippen LogP contribution in [0.4, 0.5) is 0 Å². The molecule has 0 radical (unpaired) electrons. The van der Waals surface area contributed by atoms with E-state index in [1.807, 2.05) is 47.0 Å². The number of hydrogen-bond acceptors (Lipinski definition) is 3. The van der Waals surface area contributed by atoms with E-state index >= 15 is 0 Å². The Morgan fingerprint density at radius 2 is 1.81 bits per heavy atom. The molecule has 26 heavy (non-hydrogen) atoms. The summed E-state index contributed by atoms with van der Waals surface area (Å²) in [5.41, 5.74) is 0.837. The maximum absolute atomic E-state index is 12.8. The molecule has 2 aliphatic heterocycles. The van der Waals surface area contributed by atoms with Gasteiger partial charge in [-0.15, -0.1) is 23.4 Å². The Labute approximate surface area is 165 Å². The number of likely N-dealkylation sites (tertiary alicyclic amines) is 1. The van der Waals surface area contributed by atoms with Crippen molar-refractivity contribution in [2.75, 3.05) is 25.4 Å². The molecule has 0 bridgehead atoms. The van der Waals surface area contributed by atoms with Crippen LogP contribution in [0.25, 0.3) is 0 Å². The molecular weight excluding hydrogens is 368 g/mol. The van der Waals surface area contributed by atoms with Crippen LogP contribution in [-0.2, 0) is 9.59 Å². The molecule has 4 nitrogen and oxygen atoms in total. The van der Waals surface area contributed by atoms with E-state index in [0.717, 1.165) is 30.7 Å². The van der Waals surface area contributed by atoms with E-state index in [1.165, 1.54) is 0 Å². The third-order valence-corrected chi connectivity index (χ3v) is 7.22. The Balaban J connectivity index is 1.63. The lowest BCUT2D eigenvalue weighted by Gasteiger charge is -2.44. The van der Waals surface area contributed by atoms with Gasteiger partial charge in [-0.2, -0.15) is 0 Å². The summed E-state index contributed by atoms with van der Waals surface area (Å²) in [6, 6.07) is 9.50. The highest BCUT2D eigenvalue weighted by molar-refractivity contribution is 8.00. The van der Waals surface area contributed by atoms with Crippen molar-refractivity contribution in [1.29, 1.82) is 0 Å². The molecule has 1 aromatic carbocycles. The van der Waals surface area contributed by atoms with Crippen LogP contribution >= 0.6 is 23.4 Å². The summed E-state index contributed by atoms with van der Waals surface area (Å²) in [5.74, 6) is 1.58. The molecule has 2 fully saturated rings. The lowest BCUT2D eigenvalue weighted by Crippen LogP contribution is -2.54. The number of benzene rings is 1. The van der Waals surface area contributed by atoms with E-state index in [4.69, 9.17) is 11.6 Å². The first-order chi connectivity index (χ1) is 12.4. The second-order valence-electron chi connectivity index (χ2n) is 7.54. The minimum absolute atomic E-state index is 0.0317. The smallest absolute Gasteiger partial charge is 0.245 e. The summed E-state index contributed by atoms with van der Waals surface area (Å²) in [5, 5.41) is -0.639. The van der Waals surface area contributed by atoms with Gasteiger partial charge in [-0.3, -0.25) is 9.59 Å². The van der Waals surface area contributed by atoms with Crippen LogP contribution in [0.1, 0.15) is 44.1 Å². The van der Waals surface area contributed by atoms with E-state index in [1.54, 1.807) is 0 Å². The van der Waals surface area contributed by atoms with Crippen molar-refractivity contribution >= 4 is 35.2 Å². The topological polar surface area (TPSA) is 40.6 Å². The van der Waals surface area contributed by atoms with Gasteiger partial charge in [0.1, 0.15) is 5.38 Å². The van der Waals surface area contributed by atoms with Gasteiger partial charge in [-0.05, 0) is 24.3 Å². The zero-order chi connectivity index (χ0) is 18.7. The van der Waals surface area contributed by atoms with Gasteiger partial charge >= 0.3 is 0 Å². The van der Waals surface area contributed by atoms with Gasteiger partial charge in [0.2, 0.25) is 11.8 Å². The Hall–Kier alpha value is -1.20. The molecule has 0 saturated carbocycles. The average Bonchev–Trinajstić information content (AvgIpc) is 3.04. The molecule has 1 spiro atoms. The summed E-state index contributed by atoms with van der Waals surface area (Å²) >= 11 is 8.30. The van der Waals surface area contributed by atoms with Crippen LogP contribution in [0.15, 0.2) is 30.3 Å². The Bertz CT molecular complexity index is 644. The van der Waals surface area contributed by atoms with Gasteiger partial charge in [-0.1, -0.05) is 44.2 Å². The van der Waals surface area contributed by atoms with Crippen LogP contribution in [0.5, 0.6) is 0 Å². The number of amides is 2. The minimum atomic E-state index is -0.639. The Kier molecular flexibility index (Phi) is 6.18. The first-order valence-corrected chi connectivity index (χ1v) is 10.8. The zero-order valence-electron chi connectivity index (χ0n) is 15.5. The molecule has 0 unspecified atom stereocenters. The third kappa shape index (κ3) is 4.04. The predicted octanol–water partition coefficient (Wildman–Crippen LogP) is 3.91.